The van der Waals surface area contributed by atoms with Gasteiger partial charge >= 0.3 is 0 Å². The summed E-state index contributed by atoms with van der Waals surface area (Å²) in [6.07, 6.45) is 9.16. The normalized spacial score (nSPS) is 17.7. The number of rotatable bonds is 6. The van der Waals surface area contributed by atoms with Crippen LogP contribution in [0.2, 0.25) is 0 Å². The van der Waals surface area contributed by atoms with Crippen LogP contribution in [0.15, 0.2) is 55.0 Å². The number of hydrogen-bond donors (Lipinski definition) is 0. The van der Waals surface area contributed by atoms with E-state index < -0.39 is 0 Å². The third-order valence-electron chi connectivity index (χ3n) is 5.49. The minimum Gasteiger partial charge on any atom is -0.298 e. The molecule has 1 saturated heterocycles. The van der Waals surface area contributed by atoms with E-state index in [4.69, 9.17) is 4.98 Å². The van der Waals surface area contributed by atoms with Gasteiger partial charge < -0.3 is 0 Å². The molecule has 1 aromatic carbocycles. The van der Waals surface area contributed by atoms with Gasteiger partial charge in [0.05, 0.1) is 6.20 Å². The molecular formula is C23H27FN4. The van der Waals surface area contributed by atoms with E-state index in [2.05, 4.69) is 35.3 Å². The number of pyridine rings is 1. The summed E-state index contributed by atoms with van der Waals surface area (Å²) >= 11 is 0. The lowest BCUT2D eigenvalue weighted by Gasteiger charge is -2.32. The van der Waals surface area contributed by atoms with Crippen LogP contribution in [0.5, 0.6) is 0 Å². The molecule has 2 aromatic heterocycles. The number of likely N-dealkylation sites (tertiary alicyclic amines) is 1. The molecule has 146 valence electrons. The third-order valence-corrected chi connectivity index (χ3v) is 5.49. The Hall–Kier alpha value is -2.53. The number of piperidine rings is 1. The van der Waals surface area contributed by atoms with Gasteiger partial charge in [-0.2, -0.15) is 5.10 Å². The van der Waals surface area contributed by atoms with Crippen LogP contribution in [-0.4, -0.2) is 32.8 Å². The van der Waals surface area contributed by atoms with Crippen LogP contribution in [0.1, 0.15) is 48.1 Å². The summed E-state index contributed by atoms with van der Waals surface area (Å²) in [4.78, 5) is 7.25. The van der Waals surface area contributed by atoms with E-state index >= 15 is 0 Å². The highest BCUT2D eigenvalue weighted by Gasteiger charge is 2.22. The summed E-state index contributed by atoms with van der Waals surface area (Å²) in [7, 11) is 0. The van der Waals surface area contributed by atoms with E-state index in [9.17, 15) is 4.39 Å². The molecule has 1 aliphatic heterocycles. The zero-order valence-corrected chi connectivity index (χ0v) is 16.4. The van der Waals surface area contributed by atoms with Crippen molar-refractivity contribution in [3.8, 4) is 0 Å². The van der Waals surface area contributed by atoms with E-state index in [-0.39, 0.29) is 5.82 Å². The predicted octanol–water partition coefficient (Wildman–Crippen LogP) is 4.41. The van der Waals surface area contributed by atoms with Crippen molar-refractivity contribution in [2.45, 2.75) is 45.2 Å². The Bertz CT molecular complexity index is 903. The maximum Gasteiger partial charge on any atom is 0.123 e. The Balaban J connectivity index is 1.38. The summed E-state index contributed by atoms with van der Waals surface area (Å²) in [6, 6.07) is 11.1. The number of halogens is 1. The van der Waals surface area contributed by atoms with Gasteiger partial charge in [-0.3, -0.25) is 14.6 Å². The average Bonchev–Trinajstić information content (AvgIpc) is 3.16. The molecule has 1 atom stereocenters. The highest BCUT2D eigenvalue weighted by atomic mass is 19.1. The van der Waals surface area contributed by atoms with Gasteiger partial charge in [-0.15, -0.1) is 0 Å². The Morgan fingerprint density at radius 2 is 2.04 bits per heavy atom. The molecule has 0 saturated carbocycles. The first-order chi connectivity index (χ1) is 13.7. The lowest BCUT2D eigenvalue weighted by Crippen LogP contribution is -2.34. The quantitative estimate of drug-likeness (QED) is 0.637. The van der Waals surface area contributed by atoms with E-state index in [0.29, 0.717) is 12.3 Å². The minimum absolute atomic E-state index is 0.186. The lowest BCUT2D eigenvalue weighted by molar-refractivity contribution is 0.198. The Morgan fingerprint density at radius 1 is 1.11 bits per heavy atom. The largest absolute Gasteiger partial charge is 0.298 e. The van der Waals surface area contributed by atoms with Crippen molar-refractivity contribution in [3.05, 3.63) is 83.2 Å². The molecule has 0 N–H and O–H groups in total. The number of nitrogens with zero attached hydrogens (tertiary/aromatic N) is 4. The zero-order chi connectivity index (χ0) is 19.3. The molecule has 0 radical (unpaired) electrons. The van der Waals surface area contributed by atoms with Crippen molar-refractivity contribution in [2.24, 2.45) is 0 Å². The van der Waals surface area contributed by atoms with Crippen molar-refractivity contribution < 1.29 is 4.39 Å². The average molecular weight is 378 g/mol. The van der Waals surface area contributed by atoms with Crippen molar-refractivity contribution in [1.29, 1.82) is 0 Å². The highest BCUT2D eigenvalue weighted by Crippen LogP contribution is 2.27. The maximum atomic E-state index is 13.4. The van der Waals surface area contributed by atoms with E-state index in [1.807, 2.05) is 23.1 Å². The second kappa shape index (κ2) is 8.65. The highest BCUT2D eigenvalue weighted by molar-refractivity contribution is 5.26. The predicted molar refractivity (Wildman–Crippen MR) is 109 cm³/mol. The fraction of sp³-hybridized carbons (Fsp3) is 0.391. The first-order valence-corrected chi connectivity index (χ1v) is 10.1. The summed E-state index contributed by atoms with van der Waals surface area (Å²) in [5.41, 5.74) is 4.54. The fourth-order valence-corrected chi connectivity index (χ4v) is 4.02. The molecule has 0 spiro atoms. The van der Waals surface area contributed by atoms with Gasteiger partial charge in [0.15, 0.2) is 0 Å². The van der Waals surface area contributed by atoms with Crippen LogP contribution in [0.3, 0.4) is 0 Å². The first kappa shape index (κ1) is 18.8. The van der Waals surface area contributed by atoms with Crippen molar-refractivity contribution in [2.75, 3.05) is 13.1 Å². The van der Waals surface area contributed by atoms with Crippen LogP contribution < -0.4 is 0 Å². The van der Waals surface area contributed by atoms with Gasteiger partial charge in [0.1, 0.15) is 5.82 Å². The Labute approximate surface area is 166 Å². The van der Waals surface area contributed by atoms with Crippen LogP contribution >= 0.6 is 0 Å². The van der Waals surface area contributed by atoms with Crippen LogP contribution in [-0.2, 0) is 19.5 Å². The van der Waals surface area contributed by atoms with Crippen LogP contribution in [0, 0.1) is 5.82 Å². The molecule has 3 heterocycles. The van der Waals surface area contributed by atoms with Gasteiger partial charge in [0, 0.05) is 49.2 Å². The molecule has 0 aliphatic carbocycles. The SMILES string of the molecule is CCn1cc(CN2CCC[C@@H](c3ccc(Cc4cccc(F)c4)cn3)C2)cn1. The second-order valence-corrected chi connectivity index (χ2v) is 7.68. The fourth-order valence-electron chi connectivity index (χ4n) is 4.02. The number of hydrogen-bond acceptors (Lipinski definition) is 3. The maximum absolute atomic E-state index is 13.4. The Kier molecular flexibility index (Phi) is 5.81. The first-order valence-electron chi connectivity index (χ1n) is 10.1. The molecular weight excluding hydrogens is 351 g/mol. The number of aromatic nitrogens is 3. The van der Waals surface area contributed by atoms with Gasteiger partial charge in [-0.05, 0) is 62.1 Å². The minimum atomic E-state index is -0.186. The number of benzene rings is 1. The molecule has 1 fully saturated rings. The van der Waals surface area contributed by atoms with Crippen molar-refractivity contribution >= 4 is 0 Å². The van der Waals surface area contributed by atoms with Crippen molar-refractivity contribution in [3.63, 3.8) is 0 Å². The van der Waals surface area contributed by atoms with E-state index in [0.717, 1.165) is 43.0 Å². The smallest absolute Gasteiger partial charge is 0.123 e. The molecule has 28 heavy (non-hydrogen) atoms. The molecule has 0 amide bonds. The van der Waals surface area contributed by atoms with Gasteiger partial charge in [0.25, 0.3) is 0 Å². The van der Waals surface area contributed by atoms with Gasteiger partial charge in [-0.25, -0.2) is 4.39 Å². The standard InChI is InChI=1S/C23H27FN4/c1-2-28-16-20(14-26-28)15-27-10-4-6-21(17-27)23-9-8-19(13-25-23)11-18-5-3-7-22(24)12-18/h3,5,7-9,12-14,16,21H,2,4,6,10-11,15,17H2,1H3/t21-/m1/s1. The summed E-state index contributed by atoms with van der Waals surface area (Å²) in [5.74, 6) is 0.284. The molecule has 5 heteroatoms. The van der Waals surface area contributed by atoms with Crippen LogP contribution in [0.4, 0.5) is 4.39 Å². The lowest BCUT2D eigenvalue weighted by atomic mass is 9.93. The topological polar surface area (TPSA) is 34.0 Å². The molecule has 3 aromatic rings. The zero-order valence-electron chi connectivity index (χ0n) is 16.4. The Morgan fingerprint density at radius 3 is 2.79 bits per heavy atom. The monoisotopic (exact) mass is 378 g/mol. The summed E-state index contributed by atoms with van der Waals surface area (Å²) in [6.45, 7) is 6.14. The summed E-state index contributed by atoms with van der Waals surface area (Å²) in [5, 5.41) is 4.38. The number of aryl methyl sites for hydroxylation is 1. The molecule has 0 bridgehead atoms. The van der Waals surface area contributed by atoms with Crippen LogP contribution in [0.25, 0.3) is 0 Å². The summed E-state index contributed by atoms with van der Waals surface area (Å²) < 4.78 is 15.3. The molecule has 1 aliphatic rings. The van der Waals surface area contributed by atoms with Gasteiger partial charge in [-0.1, -0.05) is 18.2 Å². The third kappa shape index (κ3) is 4.65. The second-order valence-electron chi connectivity index (χ2n) is 7.68. The van der Waals surface area contributed by atoms with E-state index in [1.54, 1.807) is 12.1 Å². The molecule has 0 unspecified atom stereocenters. The van der Waals surface area contributed by atoms with Gasteiger partial charge in [0.2, 0.25) is 0 Å². The molecule has 4 rings (SSSR count). The van der Waals surface area contributed by atoms with Crippen molar-refractivity contribution in [1.82, 2.24) is 19.7 Å². The molecule has 4 nitrogen and oxygen atoms in total. The van der Waals surface area contributed by atoms with E-state index in [1.165, 1.54) is 24.5 Å².